The van der Waals surface area contributed by atoms with Gasteiger partial charge >= 0.3 is 0 Å². The molecule has 0 radical (unpaired) electrons. The molecule has 0 spiro atoms. The quantitative estimate of drug-likeness (QED) is 0.669. The highest BCUT2D eigenvalue weighted by molar-refractivity contribution is 9.10. The van der Waals surface area contributed by atoms with Crippen molar-refractivity contribution in [1.82, 2.24) is 5.32 Å². The van der Waals surface area contributed by atoms with E-state index in [9.17, 15) is 4.79 Å². The second-order valence-electron chi connectivity index (χ2n) is 2.92. The molecule has 1 aromatic carbocycles. The summed E-state index contributed by atoms with van der Waals surface area (Å²) in [6, 6.07) is 5.17. The molecule has 1 N–H and O–H groups in total. The van der Waals surface area contributed by atoms with Crippen molar-refractivity contribution in [3.05, 3.63) is 33.3 Å². The van der Waals surface area contributed by atoms with Crippen molar-refractivity contribution >= 4 is 45.0 Å². The highest BCUT2D eigenvalue weighted by Crippen LogP contribution is 2.20. The standard InChI is InChI=1S/C10H10BrCl2NO/c11-7-2-3-9(13)8(6-7)10(15)14-5-1-4-12/h2-3,6H,1,4-5H2,(H,14,15). The third-order valence-electron chi connectivity index (χ3n) is 1.77. The lowest BCUT2D eigenvalue weighted by Gasteiger charge is -2.06. The normalized spacial score (nSPS) is 10.1. The summed E-state index contributed by atoms with van der Waals surface area (Å²) in [5, 5.41) is 3.19. The molecule has 0 unspecified atom stereocenters. The minimum absolute atomic E-state index is 0.175. The molecule has 1 aromatic rings. The van der Waals surface area contributed by atoms with Crippen molar-refractivity contribution in [3.8, 4) is 0 Å². The molecule has 0 saturated carbocycles. The molecule has 0 atom stereocenters. The van der Waals surface area contributed by atoms with Crippen LogP contribution in [0, 0.1) is 0 Å². The van der Waals surface area contributed by atoms with Crippen LogP contribution in [0.3, 0.4) is 0 Å². The molecule has 0 heterocycles. The molecule has 82 valence electrons. The van der Waals surface area contributed by atoms with Crippen LogP contribution in [0.5, 0.6) is 0 Å². The van der Waals surface area contributed by atoms with Crippen molar-refractivity contribution in [3.63, 3.8) is 0 Å². The van der Waals surface area contributed by atoms with Crippen molar-refractivity contribution in [2.75, 3.05) is 12.4 Å². The number of rotatable bonds is 4. The molecule has 0 saturated heterocycles. The first-order chi connectivity index (χ1) is 7.15. The van der Waals surface area contributed by atoms with E-state index in [4.69, 9.17) is 23.2 Å². The molecule has 5 heteroatoms. The van der Waals surface area contributed by atoms with Crippen LogP contribution in [0.1, 0.15) is 16.8 Å². The Hall–Kier alpha value is -0.250. The summed E-state index contributed by atoms with van der Waals surface area (Å²) in [6.45, 7) is 0.561. The van der Waals surface area contributed by atoms with Gasteiger partial charge in [0, 0.05) is 16.9 Å². The van der Waals surface area contributed by atoms with Gasteiger partial charge in [-0.25, -0.2) is 0 Å². The Morgan fingerprint density at radius 1 is 1.47 bits per heavy atom. The topological polar surface area (TPSA) is 29.1 Å². The first-order valence-corrected chi connectivity index (χ1v) is 6.15. The number of hydrogen-bond acceptors (Lipinski definition) is 1. The fourth-order valence-electron chi connectivity index (χ4n) is 1.04. The van der Waals surface area contributed by atoms with Crippen LogP contribution in [0.2, 0.25) is 5.02 Å². The van der Waals surface area contributed by atoms with Gasteiger partial charge in [0.2, 0.25) is 0 Å². The van der Waals surface area contributed by atoms with Gasteiger partial charge in [-0.05, 0) is 24.6 Å². The summed E-state index contributed by atoms with van der Waals surface area (Å²) in [6.07, 6.45) is 0.749. The van der Waals surface area contributed by atoms with Crippen molar-refractivity contribution in [2.45, 2.75) is 6.42 Å². The van der Waals surface area contributed by atoms with Crippen LogP contribution in [-0.2, 0) is 0 Å². The van der Waals surface area contributed by atoms with E-state index in [0.29, 0.717) is 23.0 Å². The maximum absolute atomic E-state index is 11.6. The maximum atomic E-state index is 11.6. The summed E-state index contributed by atoms with van der Waals surface area (Å²) >= 11 is 14.7. The number of carbonyl (C=O) groups is 1. The van der Waals surface area contributed by atoms with Gasteiger partial charge in [0.05, 0.1) is 10.6 Å². The first-order valence-electron chi connectivity index (χ1n) is 4.44. The molecule has 0 aliphatic carbocycles. The van der Waals surface area contributed by atoms with Crippen molar-refractivity contribution in [2.24, 2.45) is 0 Å². The molecular formula is C10H10BrCl2NO. The molecular weight excluding hydrogens is 301 g/mol. The van der Waals surface area contributed by atoms with E-state index in [-0.39, 0.29) is 5.91 Å². The van der Waals surface area contributed by atoms with Gasteiger partial charge in [0.25, 0.3) is 5.91 Å². The van der Waals surface area contributed by atoms with Gasteiger partial charge in [-0.2, -0.15) is 0 Å². The van der Waals surface area contributed by atoms with Crippen molar-refractivity contribution in [1.29, 1.82) is 0 Å². The summed E-state index contributed by atoms with van der Waals surface area (Å²) in [4.78, 5) is 11.6. The monoisotopic (exact) mass is 309 g/mol. The predicted octanol–water partition coefficient (Wildman–Crippen LogP) is 3.46. The Balaban J connectivity index is 2.68. The fraction of sp³-hybridized carbons (Fsp3) is 0.300. The third kappa shape index (κ3) is 4.01. The van der Waals surface area contributed by atoms with E-state index < -0.39 is 0 Å². The predicted molar refractivity (Wildman–Crippen MR) is 66.8 cm³/mol. The van der Waals surface area contributed by atoms with Crippen LogP contribution in [0.15, 0.2) is 22.7 Å². The smallest absolute Gasteiger partial charge is 0.252 e. The molecule has 0 bridgehead atoms. The largest absolute Gasteiger partial charge is 0.352 e. The van der Waals surface area contributed by atoms with E-state index in [1.54, 1.807) is 18.2 Å². The average Bonchev–Trinajstić information content (AvgIpc) is 2.22. The van der Waals surface area contributed by atoms with Crippen LogP contribution in [0.25, 0.3) is 0 Å². The molecule has 2 nitrogen and oxygen atoms in total. The number of halogens is 3. The molecule has 1 amide bonds. The Bertz CT molecular complexity index is 357. The number of benzene rings is 1. The fourth-order valence-corrected chi connectivity index (χ4v) is 1.73. The Labute approximate surface area is 107 Å². The minimum Gasteiger partial charge on any atom is -0.352 e. The van der Waals surface area contributed by atoms with E-state index in [1.807, 2.05) is 0 Å². The zero-order valence-electron chi connectivity index (χ0n) is 7.90. The first kappa shape index (κ1) is 12.8. The zero-order valence-corrected chi connectivity index (χ0v) is 11.0. The highest BCUT2D eigenvalue weighted by Gasteiger charge is 2.09. The lowest BCUT2D eigenvalue weighted by molar-refractivity contribution is 0.0954. The molecule has 15 heavy (non-hydrogen) atoms. The van der Waals surface area contributed by atoms with Gasteiger partial charge in [0.15, 0.2) is 0 Å². The van der Waals surface area contributed by atoms with Crippen LogP contribution < -0.4 is 5.32 Å². The Kier molecular flexibility index (Phi) is 5.43. The van der Waals surface area contributed by atoms with E-state index in [0.717, 1.165) is 10.9 Å². The Morgan fingerprint density at radius 2 is 2.20 bits per heavy atom. The van der Waals surface area contributed by atoms with Crippen LogP contribution in [-0.4, -0.2) is 18.3 Å². The van der Waals surface area contributed by atoms with Gasteiger partial charge in [-0.1, -0.05) is 27.5 Å². The Morgan fingerprint density at radius 3 is 2.87 bits per heavy atom. The lowest BCUT2D eigenvalue weighted by atomic mass is 10.2. The zero-order chi connectivity index (χ0) is 11.3. The van der Waals surface area contributed by atoms with E-state index in [1.165, 1.54) is 0 Å². The second kappa shape index (κ2) is 6.36. The van der Waals surface area contributed by atoms with Gasteiger partial charge < -0.3 is 5.32 Å². The second-order valence-corrected chi connectivity index (χ2v) is 4.62. The number of hydrogen-bond donors (Lipinski definition) is 1. The van der Waals surface area contributed by atoms with Gasteiger partial charge in [-0.15, -0.1) is 11.6 Å². The molecule has 1 rings (SSSR count). The molecule has 0 aromatic heterocycles. The van der Waals surface area contributed by atoms with E-state index >= 15 is 0 Å². The van der Waals surface area contributed by atoms with Gasteiger partial charge in [0.1, 0.15) is 0 Å². The maximum Gasteiger partial charge on any atom is 0.252 e. The van der Waals surface area contributed by atoms with E-state index in [2.05, 4.69) is 21.2 Å². The highest BCUT2D eigenvalue weighted by atomic mass is 79.9. The van der Waals surface area contributed by atoms with Gasteiger partial charge in [-0.3, -0.25) is 4.79 Å². The number of carbonyl (C=O) groups excluding carboxylic acids is 1. The van der Waals surface area contributed by atoms with Crippen molar-refractivity contribution < 1.29 is 4.79 Å². The minimum atomic E-state index is -0.175. The molecule has 0 aliphatic rings. The summed E-state index contributed by atoms with van der Waals surface area (Å²) in [5.41, 5.74) is 0.473. The average molecular weight is 311 g/mol. The number of alkyl halides is 1. The van der Waals surface area contributed by atoms with Crippen LogP contribution in [0.4, 0.5) is 0 Å². The lowest BCUT2D eigenvalue weighted by Crippen LogP contribution is -2.24. The third-order valence-corrected chi connectivity index (χ3v) is 2.86. The molecule has 0 aliphatic heterocycles. The summed E-state index contributed by atoms with van der Waals surface area (Å²) in [7, 11) is 0. The number of nitrogens with one attached hydrogen (secondary N) is 1. The number of amides is 1. The summed E-state index contributed by atoms with van der Waals surface area (Å²) < 4.78 is 0.828. The SMILES string of the molecule is O=C(NCCCCl)c1cc(Br)ccc1Cl. The van der Waals surface area contributed by atoms with Crippen LogP contribution >= 0.6 is 39.1 Å². The summed E-state index contributed by atoms with van der Waals surface area (Å²) in [5.74, 6) is 0.360. The molecule has 0 fully saturated rings.